The van der Waals surface area contributed by atoms with Gasteiger partial charge in [0, 0.05) is 18.0 Å². The number of primary amides is 1. The zero-order valence-electron chi connectivity index (χ0n) is 9.78. The van der Waals surface area contributed by atoms with E-state index < -0.39 is 0 Å². The molecule has 3 N–H and O–H groups in total. The molecule has 0 aliphatic carbocycles. The summed E-state index contributed by atoms with van der Waals surface area (Å²) in [6.07, 6.45) is 2.15. The molecule has 4 nitrogen and oxygen atoms in total. The van der Waals surface area contributed by atoms with E-state index in [2.05, 4.69) is 10.3 Å². The molecule has 0 aliphatic heterocycles. The molecule has 0 unspecified atom stereocenters. The molecule has 2 rings (SSSR count). The van der Waals surface area contributed by atoms with E-state index in [0.29, 0.717) is 6.42 Å². The first-order valence-electron chi connectivity index (χ1n) is 5.73. The van der Waals surface area contributed by atoms with Gasteiger partial charge in [-0.3, -0.25) is 4.79 Å². The number of nitrogens with two attached hydrogens (primary N) is 1. The highest BCUT2D eigenvalue weighted by molar-refractivity contribution is 7.22. The average molecular weight is 284 g/mol. The predicted molar refractivity (Wildman–Crippen MR) is 76.2 cm³/mol. The van der Waals surface area contributed by atoms with Crippen molar-refractivity contribution in [2.24, 2.45) is 5.73 Å². The number of unbranched alkanes of at least 4 members (excludes halogenated alkanes) is 1. The molecule has 0 aliphatic rings. The minimum absolute atomic E-state index is 0.246. The maximum atomic E-state index is 10.6. The van der Waals surface area contributed by atoms with Crippen LogP contribution in [0.25, 0.3) is 10.2 Å². The van der Waals surface area contributed by atoms with Gasteiger partial charge in [-0.25, -0.2) is 4.98 Å². The van der Waals surface area contributed by atoms with E-state index in [0.717, 1.165) is 39.8 Å². The van der Waals surface area contributed by atoms with Gasteiger partial charge in [0.25, 0.3) is 0 Å². The maximum absolute atomic E-state index is 10.6. The Hall–Kier alpha value is -1.33. The number of aromatic nitrogens is 1. The monoisotopic (exact) mass is 283 g/mol. The predicted octanol–water partition coefficient (Wildman–Crippen LogP) is 3.02. The molecule has 0 atom stereocenters. The number of benzene rings is 1. The van der Waals surface area contributed by atoms with Gasteiger partial charge in [-0.05, 0) is 31.0 Å². The summed E-state index contributed by atoms with van der Waals surface area (Å²) in [6, 6.07) is 5.65. The number of carbonyl (C=O) groups is 1. The van der Waals surface area contributed by atoms with Crippen LogP contribution in [0.3, 0.4) is 0 Å². The summed E-state index contributed by atoms with van der Waals surface area (Å²) in [5.41, 5.74) is 6.02. The summed E-state index contributed by atoms with van der Waals surface area (Å²) in [5.74, 6) is -0.246. The lowest BCUT2D eigenvalue weighted by atomic mass is 10.2. The minimum atomic E-state index is -0.246. The van der Waals surface area contributed by atoms with Crippen molar-refractivity contribution < 1.29 is 4.79 Å². The van der Waals surface area contributed by atoms with Crippen molar-refractivity contribution in [2.45, 2.75) is 19.3 Å². The molecular formula is C12H14ClN3OS. The summed E-state index contributed by atoms with van der Waals surface area (Å²) in [7, 11) is 0. The summed E-state index contributed by atoms with van der Waals surface area (Å²) in [6.45, 7) is 0.792. The Balaban J connectivity index is 1.86. The Kier molecular flexibility index (Phi) is 4.38. The number of fused-ring (bicyclic) bond motifs is 1. The SMILES string of the molecule is NC(=O)CCCCNc1nc2ccc(Cl)cc2s1. The molecule has 96 valence electrons. The van der Waals surface area contributed by atoms with Gasteiger partial charge >= 0.3 is 0 Å². The smallest absolute Gasteiger partial charge is 0.217 e. The molecule has 0 bridgehead atoms. The highest BCUT2D eigenvalue weighted by atomic mass is 35.5. The minimum Gasteiger partial charge on any atom is -0.370 e. The van der Waals surface area contributed by atoms with Crippen molar-refractivity contribution in [1.82, 2.24) is 4.98 Å². The number of halogens is 1. The fraction of sp³-hybridized carbons (Fsp3) is 0.333. The lowest BCUT2D eigenvalue weighted by Crippen LogP contribution is -2.10. The third-order valence-electron chi connectivity index (χ3n) is 2.48. The van der Waals surface area contributed by atoms with Gasteiger partial charge in [-0.2, -0.15) is 0 Å². The second-order valence-electron chi connectivity index (χ2n) is 3.98. The van der Waals surface area contributed by atoms with Crippen LogP contribution in [0.5, 0.6) is 0 Å². The largest absolute Gasteiger partial charge is 0.370 e. The Morgan fingerprint density at radius 1 is 1.44 bits per heavy atom. The number of anilines is 1. The molecule has 0 spiro atoms. The molecule has 1 amide bonds. The van der Waals surface area contributed by atoms with Crippen LogP contribution in [-0.4, -0.2) is 17.4 Å². The molecule has 6 heteroatoms. The molecule has 2 aromatic rings. The topological polar surface area (TPSA) is 68.0 Å². The molecule has 18 heavy (non-hydrogen) atoms. The van der Waals surface area contributed by atoms with Crippen LogP contribution >= 0.6 is 22.9 Å². The van der Waals surface area contributed by atoms with Gasteiger partial charge < -0.3 is 11.1 Å². The Labute approximate surface area is 114 Å². The first kappa shape index (κ1) is 13.1. The van der Waals surface area contributed by atoms with E-state index in [1.807, 2.05) is 18.2 Å². The van der Waals surface area contributed by atoms with E-state index in [-0.39, 0.29) is 5.91 Å². The van der Waals surface area contributed by atoms with E-state index >= 15 is 0 Å². The normalized spacial score (nSPS) is 10.7. The zero-order chi connectivity index (χ0) is 13.0. The number of amides is 1. The third kappa shape index (κ3) is 3.58. The fourth-order valence-corrected chi connectivity index (χ4v) is 2.76. The Morgan fingerprint density at radius 2 is 2.28 bits per heavy atom. The number of thiazole rings is 1. The second-order valence-corrected chi connectivity index (χ2v) is 5.45. The lowest BCUT2D eigenvalue weighted by Gasteiger charge is -2.00. The number of nitrogens with zero attached hydrogens (tertiary/aromatic N) is 1. The van der Waals surface area contributed by atoms with E-state index in [4.69, 9.17) is 17.3 Å². The third-order valence-corrected chi connectivity index (χ3v) is 3.69. The van der Waals surface area contributed by atoms with Crippen LogP contribution in [0.15, 0.2) is 18.2 Å². The number of rotatable bonds is 6. The van der Waals surface area contributed by atoms with Crippen molar-refractivity contribution in [1.29, 1.82) is 0 Å². The maximum Gasteiger partial charge on any atom is 0.217 e. The van der Waals surface area contributed by atoms with Crippen molar-refractivity contribution in [3.05, 3.63) is 23.2 Å². The molecular weight excluding hydrogens is 270 g/mol. The van der Waals surface area contributed by atoms with Gasteiger partial charge in [0.05, 0.1) is 10.2 Å². The first-order chi connectivity index (χ1) is 8.65. The Morgan fingerprint density at radius 3 is 3.06 bits per heavy atom. The number of carbonyl (C=O) groups excluding carboxylic acids is 1. The summed E-state index contributed by atoms with van der Waals surface area (Å²) >= 11 is 7.50. The van der Waals surface area contributed by atoms with Crippen LogP contribution in [0.1, 0.15) is 19.3 Å². The van der Waals surface area contributed by atoms with Gasteiger partial charge in [-0.1, -0.05) is 22.9 Å². The highest BCUT2D eigenvalue weighted by Gasteiger charge is 2.03. The van der Waals surface area contributed by atoms with Crippen LogP contribution in [-0.2, 0) is 4.79 Å². The summed E-state index contributed by atoms with van der Waals surface area (Å²) < 4.78 is 1.07. The Bertz CT molecular complexity index is 555. The molecule has 0 saturated carbocycles. The van der Waals surface area contributed by atoms with Crippen LogP contribution in [0, 0.1) is 0 Å². The van der Waals surface area contributed by atoms with Crippen molar-refractivity contribution in [2.75, 3.05) is 11.9 Å². The molecule has 0 radical (unpaired) electrons. The van der Waals surface area contributed by atoms with Gasteiger partial charge in [0.15, 0.2) is 5.13 Å². The zero-order valence-corrected chi connectivity index (χ0v) is 11.4. The molecule has 0 saturated heterocycles. The van der Waals surface area contributed by atoms with Gasteiger partial charge in [0.2, 0.25) is 5.91 Å². The van der Waals surface area contributed by atoms with Crippen LogP contribution in [0.4, 0.5) is 5.13 Å². The fourth-order valence-electron chi connectivity index (χ4n) is 1.59. The molecule has 1 aromatic heterocycles. The first-order valence-corrected chi connectivity index (χ1v) is 6.93. The van der Waals surface area contributed by atoms with E-state index in [1.165, 1.54) is 0 Å². The quantitative estimate of drug-likeness (QED) is 0.801. The standard InChI is InChI=1S/C12H14ClN3OS/c13-8-4-5-9-10(7-8)18-12(16-9)15-6-2-1-3-11(14)17/h4-5,7H,1-3,6H2,(H2,14,17)(H,15,16). The molecule has 0 fully saturated rings. The number of hydrogen-bond acceptors (Lipinski definition) is 4. The van der Waals surface area contributed by atoms with Crippen molar-refractivity contribution in [3.8, 4) is 0 Å². The summed E-state index contributed by atoms with van der Waals surface area (Å²) in [5, 5.41) is 4.84. The molecule has 1 heterocycles. The van der Waals surface area contributed by atoms with Gasteiger partial charge in [-0.15, -0.1) is 0 Å². The lowest BCUT2D eigenvalue weighted by molar-refractivity contribution is -0.118. The van der Waals surface area contributed by atoms with Crippen molar-refractivity contribution >= 4 is 44.2 Å². The number of nitrogens with one attached hydrogen (secondary N) is 1. The highest BCUT2D eigenvalue weighted by Crippen LogP contribution is 2.28. The molecule has 1 aromatic carbocycles. The number of hydrogen-bond donors (Lipinski definition) is 2. The summed E-state index contributed by atoms with van der Waals surface area (Å²) in [4.78, 5) is 15.0. The van der Waals surface area contributed by atoms with Gasteiger partial charge in [0.1, 0.15) is 0 Å². The van der Waals surface area contributed by atoms with Crippen LogP contribution < -0.4 is 11.1 Å². The van der Waals surface area contributed by atoms with E-state index in [9.17, 15) is 4.79 Å². The van der Waals surface area contributed by atoms with Crippen LogP contribution in [0.2, 0.25) is 5.02 Å². The van der Waals surface area contributed by atoms with E-state index in [1.54, 1.807) is 11.3 Å². The van der Waals surface area contributed by atoms with Crippen molar-refractivity contribution in [3.63, 3.8) is 0 Å². The second kappa shape index (κ2) is 6.02. The average Bonchev–Trinajstić information content (AvgIpc) is 2.70.